The zero-order chi connectivity index (χ0) is 13.2. The highest BCUT2D eigenvalue weighted by atomic mass is 35.5. The molecule has 0 bridgehead atoms. The largest absolute Gasteiger partial charge is 0.315 e. The monoisotopic (exact) mass is 328 g/mol. The fourth-order valence-electron chi connectivity index (χ4n) is 1.92. The van der Waals surface area contributed by atoms with Crippen molar-refractivity contribution in [3.63, 3.8) is 0 Å². The third-order valence-corrected chi connectivity index (χ3v) is 4.80. The van der Waals surface area contributed by atoms with E-state index in [4.69, 9.17) is 11.6 Å². The van der Waals surface area contributed by atoms with Crippen LogP contribution in [0, 0.1) is 5.82 Å². The summed E-state index contributed by atoms with van der Waals surface area (Å²) in [5.74, 6) is -0.624. The van der Waals surface area contributed by atoms with Crippen LogP contribution in [0.25, 0.3) is 0 Å². The summed E-state index contributed by atoms with van der Waals surface area (Å²) in [6.45, 7) is 1.46. The molecule has 19 heavy (non-hydrogen) atoms. The molecule has 1 saturated heterocycles. The van der Waals surface area contributed by atoms with E-state index in [0.29, 0.717) is 6.54 Å². The van der Waals surface area contributed by atoms with Crippen molar-refractivity contribution in [1.29, 1.82) is 0 Å². The van der Waals surface area contributed by atoms with Gasteiger partial charge in [-0.1, -0.05) is 11.6 Å². The number of piperidine rings is 1. The van der Waals surface area contributed by atoms with Crippen molar-refractivity contribution >= 4 is 34.0 Å². The highest BCUT2D eigenvalue weighted by Crippen LogP contribution is 2.22. The molecule has 2 N–H and O–H groups in total. The first-order chi connectivity index (χ1) is 8.49. The van der Waals surface area contributed by atoms with Crippen LogP contribution in [0.2, 0.25) is 5.02 Å². The van der Waals surface area contributed by atoms with E-state index in [1.165, 1.54) is 6.07 Å². The Morgan fingerprint density at radius 3 is 2.79 bits per heavy atom. The van der Waals surface area contributed by atoms with Gasteiger partial charge in [0.1, 0.15) is 10.7 Å². The van der Waals surface area contributed by atoms with Gasteiger partial charge >= 0.3 is 0 Å². The number of halogens is 3. The maximum absolute atomic E-state index is 13.1. The smallest absolute Gasteiger partial charge is 0.242 e. The Labute approximate surface area is 123 Å². The molecule has 2 rings (SSSR count). The molecule has 1 atom stereocenters. The summed E-state index contributed by atoms with van der Waals surface area (Å²) in [5.41, 5.74) is 0. The first-order valence-corrected chi connectivity index (χ1v) is 7.53. The number of rotatable bonds is 3. The first kappa shape index (κ1) is 16.7. The summed E-state index contributed by atoms with van der Waals surface area (Å²) in [7, 11) is -3.78. The quantitative estimate of drug-likeness (QED) is 0.891. The maximum Gasteiger partial charge on any atom is 0.242 e. The van der Waals surface area contributed by atoms with E-state index in [1.807, 2.05) is 0 Å². The van der Waals surface area contributed by atoms with Crippen LogP contribution in [0.3, 0.4) is 0 Å². The van der Waals surface area contributed by atoms with E-state index < -0.39 is 15.8 Å². The predicted molar refractivity (Wildman–Crippen MR) is 74.9 cm³/mol. The molecule has 1 aliphatic heterocycles. The molecule has 1 aromatic rings. The van der Waals surface area contributed by atoms with Gasteiger partial charge in [0, 0.05) is 12.6 Å². The molecule has 0 unspecified atom stereocenters. The molecule has 1 heterocycles. The molecule has 0 aromatic heterocycles. The third kappa shape index (κ3) is 4.29. The molecule has 1 fully saturated rings. The second-order valence-electron chi connectivity index (χ2n) is 4.24. The Kier molecular flexibility index (Phi) is 6.01. The van der Waals surface area contributed by atoms with Gasteiger partial charge < -0.3 is 5.32 Å². The average Bonchev–Trinajstić information content (AvgIpc) is 2.33. The Hall–Kier alpha value is -0.400. The number of sulfonamides is 1. The van der Waals surface area contributed by atoms with Gasteiger partial charge in [0.05, 0.1) is 5.02 Å². The summed E-state index contributed by atoms with van der Waals surface area (Å²) >= 11 is 5.80. The number of nitrogens with one attached hydrogen (secondary N) is 2. The number of hydrogen-bond acceptors (Lipinski definition) is 3. The molecule has 8 heteroatoms. The van der Waals surface area contributed by atoms with Crippen LogP contribution in [-0.4, -0.2) is 27.5 Å². The predicted octanol–water partition coefficient (Wildman–Crippen LogP) is 1.93. The van der Waals surface area contributed by atoms with Crippen molar-refractivity contribution in [2.45, 2.75) is 23.8 Å². The van der Waals surface area contributed by atoms with E-state index in [9.17, 15) is 12.8 Å². The summed E-state index contributed by atoms with van der Waals surface area (Å²) in [6.07, 6.45) is 1.67. The molecule has 0 spiro atoms. The summed E-state index contributed by atoms with van der Waals surface area (Å²) in [6, 6.07) is 3.12. The second-order valence-corrected chi connectivity index (χ2v) is 6.33. The lowest BCUT2D eigenvalue weighted by molar-refractivity contribution is 0.428. The lowest BCUT2D eigenvalue weighted by atomic mass is 10.1. The van der Waals surface area contributed by atoms with Gasteiger partial charge in [0.25, 0.3) is 0 Å². The van der Waals surface area contributed by atoms with E-state index in [-0.39, 0.29) is 28.4 Å². The van der Waals surface area contributed by atoms with Crippen LogP contribution in [0.4, 0.5) is 4.39 Å². The zero-order valence-electron chi connectivity index (χ0n) is 10.0. The topological polar surface area (TPSA) is 58.2 Å². The molecule has 1 aliphatic rings. The zero-order valence-corrected chi connectivity index (χ0v) is 12.4. The molecule has 0 radical (unpaired) electrons. The van der Waals surface area contributed by atoms with Crippen LogP contribution in [0.1, 0.15) is 12.8 Å². The van der Waals surface area contributed by atoms with E-state index in [1.54, 1.807) is 0 Å². The van der Waals surface area contributed by atoms with Gasteiger partial charge in [-0.25, -0.2) is 17.5 Å². The van der Waals surface area contributed by atoms with E-state index in [2.05, 4.69) is 10.0 Å². The van der Waals surface area contributed by atoms with Crippen LogP contribution in [0.5, 0.6) is 0 Å². The molecule has 0 saturated carbocycles. The van der Waals surface area contributed by atoms with Gasteiger partial charge in [-0.3, -0.25) is 0 Å². The fraction of sp³-hybridized carbons (Fsp3) is 0.455. The summed E-state index contributed by atoms with van der Waals surface area (Å²) < 4.78 is 39.8. The van der Waals surface area contributed by atoms with Crippen LogP contribution in [0.15, 0.2) is 23.1 Å². The normalized spacial score (nSPS) is 19.8. The van der Waals surface area contributed by atoms with Crippen molar-refractivity contribution in [1.82, 2.24) is 10.0 Å². The van der Waals surface area contributed by atoms with Gasteiger partial charge in [-0.15, -0.1) is 12.4 Å². The van der Waals surface area contributed by atoms with Gasteiger partial charge in [0.15, 0.2) is 0 Å². The van der Waals surface area contributed by atoms with E-state index >= 15 is 0 Å². The van der Waals surface area contributed by atoms with Crippen molar-refractivity contribution in [3.8, 4) is 0 Å². The Balaban J connectivity index is 0.00000180. The molecule has 0 aliphatic carbocycles. The lowest BCUT2D eigenvalue weighted by Gasteiger charge is -2.23. The van der Waals surface area contributed by atoms with Crippen molar-refractivity contribution < 1.29 is 12.8 Å². The Morgan fingerprint density at radius 1 is 1.42 bits per heavy atom. The Bertz CT molecular complexity index is 533. The van der Waals surface area contributed by atoms with Gasteiger partial charge in [-0.2, -0.15) is 0 Å². The minimum Gasteiger partial charge on any atom is -0.315 e. The maximum atomic E-state index is 13.1. The Morgan fingerprint density at radius 2 is 2.16 bits per heavy atom. The van der Waals surface area contributed by atoms with Crippen molar-refractivity contribution in [2.75, 3.05) is 13.1 Å². The molecule has 0 amide bonds. The fourth-order valence-corrected chi connectivity index (χ4v) is 3.70. The van der Waals surface area contributed by atoms with Gasteiger partial charge in [-0.05, 0) is 37.6 Å². The number of benzene rings is 1. The molecule has 4 nitrogen and oxygen atoms in total. The minimum absolute atomic E-state index is 0. The van der Waals surface area contributed by atoms with Crippen LogP contribution < -0.4 is 10.0 Å². The minimum atomic E-state index is -3.78. The highest BCUT2D eigenvalue weighted by Gasteiger charge is 2.24. The van der Waals surface area contributed by atoms with Crippen LogP contribution >= 0.6 is 24.0 Å². The summed E-state index contributed by atoms with van der Waals surface area (Å²) in [5, 5.41) is 3.12. The molecule has 108 valence electrons. The lowest BCUT2D eigenvalue weighted by Crippen LogP contribution is -2.45. The second kappa shape index (κ2) is 6.85. The summed E-state index contributed by atoms with van der Waals surface area (Å²) in [4.78, 5) is -0.213. The highest BCUT2D eigenvalue weighted by molar-refractivity contribution is 7.89. The van der Waals surface area contributed by atoms with Crippen molar-refractivity contribution in [2.24, 2.45) is 0 Å². The van der Waals surface area contributed by atoms with Crippen LogP contribution in [-0.2, 0) is 10.0 Å². The standard InChI is InChI=1S/C11H14ClFN2O2S.ClH/c12-10-4-3-8(13)6-11(10)18(16,17)15-9-2-1-5-14-7-9;/h3-4,6,9,14-15H,1-2,5,7H2;1H/t9-;/m1./s1. The molecular formula is C11H15Cl2FN2O2S. The average molecular weight is 329 g/mol. The molecule has 1 aromatic carbocycles. The van der Waals surface area contributed by atoms with Gasteiger partial charge in [0.2, 0.25) is 10.0 Å². The molecular weight excluding hydrogens is 314 g/mol. The first-order valence-electron chi connectivity index (χ1n) is 5.67. The SMILES string of the molecule is Cl.O=S(=O)(N[C@@H]1CCCNC1)c1cc(F)ccc1Cl. The van der Waals surface area contributed by atoms with Crippen molar-refractivity contribution in [3.05, 3.63) is 29.0 Å². The third-order valence-electron chi connectivity index (χ3n) is 2.80. The van der Waals surface area contributed by atoms with E-state index in [0.717, 1.165) is 31.5 Å². The number of hydrogen-bond donors (Lipinski definition) is 2.